The Labute approximate surface area is 146 Å². The second kappa shape index (κ2) is 7.46. The molecule has 24 heavy (non-hydrogen) atoms. The first-order valence-corrected chi connectivity index (χ1v) is 10.1. The van der Waals surface area contributed by atoms with Crippen molar-refractivity contribution in [3.8, 4) is 11.1 Å². The molecule has 2 aromatic rings. The molecular weight excluding hydrogens is 346 g/mol. The lowest BCUT2D eigenvalue weighted by Gasteiger charge is -2.15. The van der Waals surface area contributed by atoms with Crippen LogP contribution in [0.15, 0.2) is 23.6 Å². The van der Waals surface area contributed by atoms with Crippen LogP contribution in [0.5, 0.6) is 0 Å². The Hall–Kier alpha value is -1.70. The van der Waals surface area contributed by atoms with Gasteiger partial charge in [-0.25, -0.2) is 0 Å². The highest BCUT2D eigenvalue weighted by atomic mass is 32.2. The molecule has 0 aliphatic carbocycles. The molecule has 0 unspecified atom stereocenters. The van der Waals surface area contributed by atoms with Gasteiger partial charge in [-0.2, -0.15) is 8.42 Å². The minimum absolute atomic E-state index is 0.0233. The van der Waals surface area contributed by atoms with Gasteiger partial charge in [0.15, 0.2) is 0 Å². The Morgan fingerprint density at radius 1 is 1.21 bits per heavy atom. The van der Waals surface area contributed by atoms with Gasteiger partial charge in [0.1, 0.15) is 0 Å². The summed E-state index contributed by atoms with van der Waals surface area (Å²) in [6, 6.07) is 6.00. The molecule has 7 heteroatoms. The van der Waals surface area contributed by atoms with Gasteiger partial charge in [-0.3, -0.25) is 8.98 Å². The minimum atomic E-state index is -3.49. The number of thiophene rings is 1. The average Bonchev–Trinajstić information content (AvgIpc) is 2.92. The monoisotopic (exact) mass is 367 g/mol. The highest BCUT2D eigenvalue weighted by molar-refractivity contribution is 7.85. The number of carbonyl (C=O) groups is 1. The van der Waals surface area contributed by atoms with Crippen LogP contribution in [-0.2, 0) is 32.2 Å². The normalized spacial score (nSPS) is 11.5. The lowest BCUT2D eigenvalue weighted by molar-refractivity contribution is -0.119. The molecule has 0 atom stereocenters. The summed E-state index contributed by atoms with van der Waals surface area (Å²) in [6.45, 7) is 5.89. The van der Waals surface area contributed by atoms with Gasteiger partial charge in [-0.1, -0.05) is 12.1 Å². The molecule has 0 saturated heterocycles. The number of hydrogen-bond acceptors (Lipinski definition) is 5. The van der Waals surface area contributed by atoms with E-state index in [9.17, 15) is 13.2 Å². The van der Waals surface area contributed by atoms with Crippen LogP contribution >= 0.6 is 11.3 Å². The average molecular weight is 367 g/mol. The van der Waals surface area contributed by atoms with Crippen LogP contribution in [0.4, 0.5) is 0 Å². The summed E-state index contributed by atoms with van der Waals surface area (Å²) >= 11 is 1.58. The lowest BCUT2D eigenvalue weighted by atomic mass is 9.94. The number of hydrogen-bond donors (Lipinski definition) is 1. The van der Waals surface area contributed by atoms with Crippen LogP contribution in [0.1, 0.15) is 28.5 Å². The molecule has 1 heterocycles. The Kier molecular flexibility index (Phi) is 5.79. The molecule has 0 saturated carbocycles. The molecule has 2 rings (SSSR count). The maximum atomic E-state index is 11.3. The molecule has 0 spiro atoms. The summed E-state index contributed by atoms with van der Waals surface area (Å²) < 4.78 is 27.5. The fraction of sp³-hybridized carbons (Fsp3) is 0.353. The van der Waals surface area contributed by atoms with Crippen molar-refractivity contribution >= 4 is 27.4 Å². The molecule has 1 aromatic carbocycles. The lowest BCUT2D eigenvalue weighted by Crippen LogP contribution is -2.18. The summed E-state index contributed by atoms with van der Waals surface area (Å²) in [5.74, 6) is -0.0720. The number of carbonyl (C=O) groups excluding carboxylic acids is 1. The highest BCUT2D eigenvalue weighted by Crippen LogP contribution is 2.33. The Balaban J connectivity index is 2.39. The summed E-state index contributed by atoms with van der Waals surface area (Å²) in [5.41, 5.74) is 4.91. The maximum Gasteiger partial charge on any atom is 0.264 e. The van der Waals surface area contributed by atoms with Crippen LogP contribution in [0.2, 0.25) is 0 Å². The van der Waals surface area contributed by atoms with E-state index in [0.717, 1.165) is 39.0 Å². The topological polar surface area (TPSA) is 72.5 Å². The zero-order valence-corrected chi connectivity index (χ0v) is 15.8. The number of nitrogens with one attached hydrogen (secondary N) is 1. The standard InChI is InChI=1S/C17H21NO4S2/c1-11-5-6-14(12(2)16(11)10-22-24(4,20)21)15-7-8-23-17(15)9-18-13(3)19/h5-8H,9-10H2,1-4H3,(H,18,19). The third kappa shape index (κ3) is 4.66. The Bertz CT molecular complexity index is 853. The van der Waals surface area contributed by atoms with Gasteiger partial charge in [0, 0.05) is 11.8 Å². The van der Waals surface area contributed by atoms with Gasteiger partial charge < -0.3 is 5.32 Å². The second-order valence-corrected chi connectivity index (χ2v) is 8.31. The van der Waals surface area contributed by atoms with Crippen molar-refractivity contribution in [2.24, 2.45) is 0 Å². The van der Waals surface area contributed by atoms with Crippen molar-refractivity contribution in [3.63, 3.8) is 0 Å². The van der Waals surface area contributed by atoms with Gasteiger partial charge in [0.05, 0.1) is 19.4 Å². The predicted molar refractivity (Wildman–Crippen MR) is 96.4 cm³/mol. The van der Waals surface area contributed by atoms with E-state index < -0.39 is 10.1 Å². The van der Waals surface area contributed by atoms with Crippen molar-refractivity contribution in [2.45, 2.75) is 33.9 Å². The van der Waals surface area contributed by atoms with E-state index in [1.807, 2.05) is 37.4 Å². The van der Waals surface area contributed by atoms with E-state index in [0.29, 0.717) is 6.54 Å². The van der Waals surface area contributed by atoms with Crippen LogP contribution in [0.3, 0.4) is 0 Å². The molecule has 5 nitrogen and oxygen atoms in total. The molecule has 1 amide bonds. The summed E-state index contributed by atoms with van der Waals surface area (Å²) in [6.07, 6.45) is 1.05. The van der Waals surface area contributed by atoms with Crippen LogP contribution < -0.4 is 5.32 Å². The molecule has 1 N–H and O–H groups in total. The third-order valence-corrected chi connectivity index (χ3v) is 5.25. The number of aryl methyl sites for hydroxylation is 1. The molecule has 0 fully saturated rings. The zero-order chi connectivity index (χ0) is 17.9. The number of rotatable bonds is 6. The van der Waals surface area contributed by atoms with Crippen molar-refractivity contribution < 1.29 is 17.4 Å². The van der Waals surface area contributed by atoms with E-state index in [1.165, 1.54) is 6.92 Å². The molecule has 0 bridgehead atoms. The second-order valence-electron chi connectivity index (χ2n) is 5.67. The molecule has 0 aliphatic rings. The van der Waals surface area contributed by atoms with Crippen molar-refractivity contribution in [2.75, 3.05) is 6.26 Å². The minimum Gasteiger partial charge on any atom is -0.351 e. The maximum absolute atomic E-state index is 11.3. The quantitative estimate of drug-likeness (QED) is 0.796. The first kappa shape index (κ1) is 18.6. The number of amides is 1. The zero-order valence-electron chi connectivity index (χ0n) is 14.2. The fourth-order valence-corrected chi connectivity index (χ4v) is 3.66. The van der Waals surface area contributed by atoms with Crippen molar-refractivity contribution in [3.05, 3.63) is 45.1 Å². The summed E-state index contributed by atoms with van der Waals surface area (Å²) in [4.78, 5) is 12.2. The predicted octanol–water partition coefficient (Wildman–Crippen LogP) is 3.14. The van der Waals surface area contributed by atoms with Crippen LogP contribution in [0.25, 0.3) is 11.1 Å². The molecular formula is C17H21NO4S2. The molecule has 0 aliphatic heterocycles. The summed E-state index contributed by atoms with van der Waals surface area (Å²) in [7, 11) is -3.49. The first-order chi connectivity index (χ1) is 11.2. The van der Waals surface area contributed by atoms with E-state index in [1.54, 1.807) is 11.3 Å². The van der Waals surface area contributed by atoms with Crippen LogP contribution in [-0.4, -0.2) is 20.6 Å². The Morgan fingerprint density at radius 3 is 2.54 bits per heavy atom. The van der Waals surface area contributed by atoms with Gasteiger partial charge in [0.2, 0.25) is 5.91 Å². The third-order valence-electron chi connectivity index (χ3n) is 3.78. The SMILES string of the molecule is CC(=O)NCc1sccc1-c1ccc(C)c(COS(C)(=O)=O)c1C. The Morgan fingerprint density at radius 2 is 1.92 bits per heavy atom. The van der Waals surface area contributed by atoms with E-state index in [-0.39, 0.29) is 12.5 Å². The summed E-state index contributed by atoms with van der Waals surface area (Å²) in [5, 5.41) is 4.80. The fourth-order valence-electron chi connectivity index (χ4n) is 2.49. The van der Waals surface area contributed by atoms with Crippen LogP contribution in [0, 0.1) is 13.8 Å². The van der Waals surface area contributed by atoms with Gasteiger partial charge in [0.25, 0.3) is 10.1 Å². The molecule has 130 valence electrons. The van der Waals surface area contributed by atoms with Gasteiger partial charge >= 0.3 is 0 Å². The van der Waals surface area contributed by atoms with E-state index in [2.05, 4.69) is 5.32 Å². The first-order valence-electron chi connectivity index (χ1n) is 7.43. The largest absolute Gasteiger partial charge is 0.351 e. The van der Waals surface area contributed by atoms with Crippen molar-refractivity contribution in [1.29, 1.82) is 0 Å². The van der Waals surface area contributed by atoms with Crippen molar-refractivity contribution in [1.82, 2.24) is 5.32 Å². The van der Waals surface area contributed by atoms with E-state index in [4.69, 9.17) is 4.18 Å². The smallest absolute Gasteiger partial charge is 0.264 e. The highest BCUT2D eigenvalue weighted by Gasteiger charge is 2.15. The molecule has 1 aromatic heterocycles. The molecule has 0 radical (unpaired) electrons. The van der Waals surface area contributed by atoms with E-state index >= 15 is 0 Å². The van der Waals surface area contributed by atoms with Gasteiger partial charge in [-0.05, 0) is 53.1 Å². The number of benzene rings is 1. The van der Waals surface area contributed by atoms with Gasteiger partial charge in [-0.15, -0.1) is 11.3 Å².